The van der Waals surface area contributed by atoms with Crippen LogP contribution < -0.4 is 0 Å². The van der Waals surface area contributed by atoms with E-state index in [2.05, 4.69) is 174 Å². The molecule has 4 heteroatoms. The molecule has 286 valence electrons. The normalized spacial score (nSPS) is 11.3. The van der Waals surface area contributed by atoms with Gasteiger partial charge in [-0.1, -0.05) is 206 Å². The van der Waals surface area contributed by atoms with Gasteiger partial charge < -0.3 is 4.57 Å². The molecule has 0 atom stereocenters. The minimum atomic E-state index is 0.614. The molecule has 0 radical (unpaired) electrons. The van der Waals surface area contributed by atoms with E-state index in [0.717, 1.165) is 55.7 Å². The number of rotatable bonds is 8. The second-order valence-electron chi connectivity index (χ2n) is 15.2. The van der Waals surface area contributed by atoms with Crippen molar-refractivity contribution >= 4 is 21.8 Å². The first-order valence-electron chi connectivity index (χ1n) is 20.6. The standard InChI is InChI=1S/C57H38N4/c1-5-16-39(17-6-1)40-28-30-41(31-29-40)45-24-15-25-46(36-45)47-32-35-51-50-26-13-14-27-52(50)61(54(51)37-47)53-38-48(33-34-49(53)42-18-7-2-8-19-42)57-59-55(43-20-9-3-10-21-43)58-56(60-57)44-22-11-4-12-23-44/h1-38H. The zero-order chi connectivity index (χ0) is 40.5. The van der Waals surface area contributed by atoms with Crippen molar-refractivity contribution in [2.45, 2.75) is 0 Å². The van der Waals surface area contributed by atoms with Crippen LogP contribution >= 0.6 is 0 Å². The molecule has 0 unspecified atom stereocenters. The van der Waals surface area contributed by atoms with Gasteiger partial charge in [0.15, 0.2) is 17.5 Å². The summed E-state index contributed by atoms with van der Waals surface area (Å²) < 4.78 is 2.42. The molecule has 2 aromatic heterocycles. The first-order valence-corrected chi connectivity index (χ1v) is 20.6. The van der Waals surface area contributed by atoms with E-state index in [4.69, 9.17) is 15.0 Å². The van der Waals surface area contributed by atoms with Gasteiger partial charge in [0.2, 0.25) is 0 Å². The summed E-state index contributed by atoms with van der Waals surface area (Å²) in [6.45, 7) is 0. The second-order valence-corrected chi connectivity index (χ2v) is 15.2. The summed E-state index contributed by atoms with van der Waals surface area (Å²) in [5, 5.41) is 2.38. The number of nitrogens with zero attached hydrogens (tertiary/aromatic N) is 4. The minimum Gasteiger partial charge on any atom is -0.309 e. The van der Waals surface area contributed by atoms with Crippen LogP contribution in [0.5, 0.6) is 0 Å². The molecular weight excluding hydrogens is 741 g/mol. The summed E-state index contributed by atoms with van der Waals surface area (Å²) in [7, 11) is 0. The van der Waals surface area contributed by atoms with E-state index in [1.165, 1.54) is 33.0 Å². The molecule has 11 rings (SSSR count). The highest BCUT2D eigenvalue weighted by Crippen LogP contribution is 2.40. The van der Waals surface area contributed by atoms with Gasteiger partial charge in [-0.3, -0.25) is 0 Å². The Kier molecular flexibility index (Phi) is 9.14. The molecule has 0 fully saturated rings. The lowest BCUT2D eigenvalue weighted by Crippen LogP contribution is -2.02. The molecule has 0 saturated heterocycles. The van der Waals surface area contributed by atoms with E-state index in [0.29, 0.717) is 17.5 Å². The molecule has 0 bridgehead atoms. The maximum atomic E-state index is 5.12. The van der Waals surface area contributed by atoms with Gasteiger partial charge in [-0.2, -0.15) is 0 Å². The Balaban J connectivity index is 1.09. The van der Waals surface area contributed by atoms with E-state index < -0.39 is 0 Å². The molecule has 61 heavy (non-hydrogen) atoms. The third-order valence-corrected chi connectivity index (χ3v) is 11.5. The average Bonchev–Trinajstić information content (AvgIpc) is 3.68. The van der Waals surface area contributed by atoms with Gasteiger partial charge in [-0.25, -0.2) is 15.0 Å². The monoisotopic (exact) mass is 778 g/mol. The molecule has 2 heterocycles. The zero-order valence-corrected chi connectivity index (χ0v) is 33.2. The predicted octanol–water partition coefficient (Wildman–Crippen LogP) is 14.6. The van der Waals surface area contributed by atoms with Crippen LogP contribution in [0.15, 0.2) is 231 Å². The fourth-order valence-corrected chi connectivity index (χ4v) is 8.43. The van der Waals surface area contributed by atoms with Crippen LogP contribution in [0.25, 0.3) is 106 Å². The van der Waals surface area contributed by atoms with Gasteiger partial charge in [0, 0.05) is 33.0 Å². The topological polar surface area (TPSA) is 43.6 Å². The van der Waals surface area contributed by atoms with Crippen molar-refractivity contribution in [1.82, 2.24) is 19.5 Å². The van der Waals surface area contributed by atoms with Crippen LogP contribution in [-0.2, 0) is 0 Å². The second kappa shape index (κ2) is 15.5. The van der Waals surface area contributed by atoms with Gasteiger partial charge in [0.1, 0.15) is 0 Å². The molecule has 0 amide bonds. The molecule has 0 aliphatic rings. The van der Waals surface area contributed by atoms with Crippen LogP contribution in [0, 0.1) is 0 Å². The molecule has 4 nitrogen and oxygen atoms in total. The first kappa shape index (κ1) is 35.9. The van der Waals surface area contributed by atoms with Gasteiger partial charge in [-0.05, 0) is 63.2 Å². The third-order valence-electron chi connectivity index (χ3n) is 11.5. The van der Waals surface area contributed by atoms with Crippen LogP contribution in [0.2, 0.25) is 0 Å². The quantitative estimate of drug-likeness (QED) is 0.154. The van der Waals surface area contributed by atoms with Gasteiger partial charge >= 0.3 is 0 Å². The fourth-order valence-electron chi connectivity index (χ4n) is 8.43. The molecule has 0 aliphatic heterocycles. The number of aromatic nitrogens is 4. The molecule has 0 spiro atoms. The molecule has 11 aromatic rings. The van der Waals surface area contributed by atoms with Crippen molar-refractivity contribution in [2.24, 2.45) is 0 Å². The lowest BCUT2D eigenvalue weighted by Gasteiger charge is -2.17. The smallest absolute Gasteiger partial charge is 0.164 e. The zero-order valence-electron chi connectivity index (χ0n) is 33.2. The highest BCUT2D eigenvalue weighted by molar-refractivity contribution is 6.11. The van der Waals surface area contributed by atoms with E-state index in [9.17, 15) is 0 Å². The summed E-state index contributed by atoms with van der Waals surface area (Å²) in [5.74, 6) is 1.88. The molecule has 0 saturated carbocycles. The van der Waals surface area contributed by atoms with Crippen LogP contribution in [0.1, 0.15) is 0 Å². The SMILES string of the molecule is c1ccc(-c2ccc(-c3cccc(-c4ccc5c6ccccc6n(-c6cc(-c7nc(-c8ccccc8)nc(-c8ccccc8)n7)ccc6-c6ccccc6)c5c4)c3)cc2)cc1. The number of benzene rings is 9. The van der Waals surface area contributed by atoms with Crippen molar-refractivity contribution in [3.05, 3.63) is 231 Å². The number of hydrogen-bond acceptors (Lipinski definition) is 3. The van der Waals surface area contributed by atoms with E-state index in [-0.39, 0.29) is 0 Å². The van der Waals surface area contributed by atoms with Gasteiger partial charge in [0.25, 0.3) is 0 Å². The highest BCUT2D eigenvalue weighted by Gasteiger charge is 2.20. The number of fused-ring (bicyclic) bond motifs is 3. The molecule has 0 aliphatic carbocycles. The molecule has 0 N–H and O–H groups in total. The summed E-state index contributed by atoms with van der Waals surface area (Å²) in [6, 6.07) is 81.4. The van der Waals surface area contributed by atoms with E-state index in [1.54, 1.807) is 0 Å². The summed E-state index contributed by atoms with van der Waals surface area (Å²) >= 11 is 0. The third kappa shape index (κ3) is 6.86. The maximum Gasteiger partial charge on any atom is 0.164 e. The lowest BCUT2D eigenvalue weighted by atomic mass is 9.96. The Morgan fingerprint density at radius 2 is 0.656 bits per heavy atom. The minimum absolute atomic E-state index is 0.614. The average molecular weight is 779 g/mol. The Labute approximate surface area is 354 Å². The van der Waals surface area contributed by atoms with Crippen molar-refractivity contribution in [1.29, 1.82) is 0 Å². The Morgan fingerprint density at radius 1 is 0.246 bits per heavy atom. The van der Waals surface area contributed by atoms with Crippen LogP contribution in [0.4, 0.5) is 0 Å². The van der Waals surface area contributed by atoms with Crippen LogP contribution in [-0.4, -0.2) is 19.5 Å². The van der Waals surface area contributed by atoms with Crippen molar-refractivity contribution in [3.63, 3.8) is 0 Å². The maximum absolute atomic E-state index is 5.12. The van der Waals surface area contributed by atoms with Crippen molar-refractivity contribution in [2.75, 3.05) is 0 Å². The largest absolute Gasteiger partial charge is 0.309 e. The summed E-state index contributed by atoms with van der Waals surface area (Å²) in [4.78, 5) is 15.2. The Morgan fingerprint density at radius 3 is 1.28 bits per heavy atom. The lowest BCUT2D eigenvalue weighted by molar-refractivity contribution is 1.07. The summed E-state index contributed by atoms with van der Waals surface area (Å²) in [5.41, 5.74) is 15.4. The molecular formula is C57H38N4. The Bertz CT molecular complexity index is 3260. The van der Waals surface area contributed by atoms with Gasteiger partial charge in [-0.15, -0.1) is 0 Å². The highest BCUT2D eigenvalue weighted by atomic mass is 15.0. The van der Waals surface area contributed by atoms with E-state index in [1.807, 2.05) is 60.7 Å². The van der Waals surface area contributed by atoms with Crippen molar-refractivity contribution in [3.8, 4) is 84.4 Å². The molecule has 9 aromatic carbocycles. The van der Waals surface area contributed by atoms with Crippen LogP contribution in [0.3, 0.4) is 0 Å². The van der Waals surface area contributed by atoms with Crippen molar-refractivity contribution < 1.29 is 0 Å². The van der Waals surface area contributed by atoms with E-state index >= 15 is 0 Å². The fraction of sp³-hybridized carbons (Fsp3) is 0. The van der Waals surface area contributed by atoms with Gasteiger partial charge in [0.05, 0.1) is 16.7 Å². The first-order chi connectivity index (χ1) is 30.2. The predicted molar refractivity (Wildman–Crippen MR) is 252 cm³/mol. The summed E-state index contributed by atoms with van der Waals surface area (Å²) in [6.07, 6.45) is 0. The number of para-hydroxylation sites is 1. The number of hydrogen-bond donors (Lipinski definition) is 0. The Hall–Kier alpha value is -8.21.